The van der Waals surface area contributed by atoms with Crippen LogP contribution in [0.1, 0.15) is 0 Å². The Balaban J connectivity index is 1.73. The number of nitrogens with zero attached hydrogens (tertiary/aromatic N) is 7. The minimum Gasteiger partial charge on any atom is -0.351 e. The summed E-state index contributed by atoms with van der Waals surface area (Å²) in [5, 5.41) is 8.36. The summed E-state index contributed by atoms with van der Waals surface area (Å²) < 4.78 is 4.13. The standard InChI is InChI=1S/C13H17N7S/c1-17-4-6-18(7-5-17)12-13-16-15-10-19(13)11(9-14-12)20-3-2-8-21-20/h2-3,9-10H,4-8H2,1H3. The molecule has 21 heavy (non-hydrogen) atoms. The molecule has 1 fully saturated rings. The molecular formula is C13H17N7S. The quantitative estimate of drug-likeness (QED) is 0.763. The predicted octanol–water partition coefficient (Wildman–Crippen LogP) is 0.858. The zero-order valence-electron chi connectivity index (χ0n) is 11.9. The van der Waals surface area contributed by atoms with Crippen LogP contribution in [0.5, 0.6) is 0 Å². The van der Waals surface area contributed by atoms with E-state index in [0.717, 1.165) is 49.2 Å². The fourth-order valence-corrected chi connectivity index (χ4v) is 3.42. The number of hydrogen-bond acceptors (Lipinski definition) is 7. The summed E-state index contributed by atoms with van der Waals surface area (Å²) in [5.41, 5.74) is 0.831. The van der Waals surface area contributed by atoms with Crippen molar-refractivity contribution in [2.75, 3.05) is 48.2 Å². The smallest absolute Gasteiger partial charge is 0.205 e. The van der Waals surface area contributed by atoms with E-state index < -0.39 is 0 Å². The van der Waals surface area contributed by atoms with Crippen LogP contribution in [0, 0.1) is 0 Å². The van der Waals surface area contributed by atoms with Crippen LogP contribution >= 0.6 is 11.9 Å². The lowest BCUT2D eigenvalue weighted by Crippen LogP contribution is -2.45. The summed E-state index contributed by atoms with van der Waals surface area (Å²) in [7, 11) is 2.15. The third kappa shape index (κ3) is 2.24. The minimum absolute atomic E-state index is 0.831. The minimum atomic E-state index is 0.831. The number of rotatable bonds is 2. The molecule has 0 radical (unpaired) electrons. The maximum Gasteiger partial charge on any atom is 0.205 e. The Morgan fingerprint density at radius 2 is 2.05 bits per heavy atom. The molecule has 110 valence electrons. The van der Waals surface area contributed by atoms with Gasteiger partial charge in [-0.15, -0.1) is 10.2 Å². The van der Waals surface area contributed by atoms with Gasteiger partial charge in [-0.05, 0) is 19.0 Å². The third-order valence-corrected chi connectivity index (χ3v) is 4.80. The Bertz CT molecular complexity index is 674. The lowest BCUT2D eigenvalue weighted by Gasteiger charge is -2.33. The van der Waals surface area contributed by atoms with Crippen LogP contribution < -0.4 is 9.21 Å². The number of aromatic nitrogens is 4. The van der Waals surface area contributed by atoms with Crippen LogP contribution in [0.15, 0.2) is 24.8 Å². The highest BCUT2D eigenvalue weighted by molar-refractivity contribution is 8.01. The Morgan fingerprint density at radius 3 is 2.81 bits per heavy atom. The zero-order chi connectivity index (χ0) is 14.2. The number of piperazine rings is 1. The highest BCUT2D eigenvalue weighted by Gasteiger charge is 2.21. The van der Waals surface area contributed by atoms with Gasteiger partial charge in [0.05, 0.1) is 6.20 Å². The topological polar surface area (TPSA) is 52.8 Å². The van der Waals surface area contributed by atoms with Gasteiger partial charge < -0.3 is 9.80 Å². The van der Waals surface area contributed by atoms with E-state index in [1.807, 2.05) is 10.6 Å². The van der Waals surface area contributed by atoms with E-state index in [2.05, 4.69) is 48.6 Å². The van der Waals surface area contributed by atoms with Crippen molar-refractivity contribution in [3.8, 4) is 0 Å². The molecule has 4 heterocycles. The lowest BCUT2D eigenvalue weighted by molar-refractivity contribution is 0.312. The van der Waals surface area contributed by atoms with Gasteiger partial charge in [0.25, 0.3) is 0 Å². The van der Waals surface area contributed by atoms with Gasteiger partial charge in [-0.3, -0.25) is 8.71 Å². The van der Waals surface area contributed by atoms with Gasteiger partial charge in [0, 0.05) is 38.1 Å². The van der Waals surface area contributed by atoms with Crippen molar-refractivity contribution in [2.24, 2.45) is 0 Å². The molecule has 2 aromatic rings. The molecule has 2 aromatic heterocycles. The van der Waals surface area contributed by atoms with E-state index >= 15 is 0 Å². The molecule has 0 saturated carbocycles. The van der Waals surface area contributed by atoms with E-state index in [0.29, 0.717) is 0 Å². The summed E-state index contributed by atoms with van der Waals surface area (Å²) in [5.74, 6) is 2.91. The van der Waals surface area contributed by atoms with Gasteiger partial charge in [-0.2, -0.15) is 0 Å². The molecule has 0 spiro atoms. The monoisotopic (exact) mass is 303 g/mol. The Hall–Kier alpha value is -1.80. The zero-order valence-corrected chi connectivity index (χ0v) is 12.7. The first kappa shape index (κ1) is 12.9. The summed E-state index contributed by atoms with van der Waals surface area (Å²) in [6, 6.07) is 0. The average Bonchev–Trinajstić information content (AvgIpc) is 3.19. The van der Waals surface area contributed by atoms with Crippen LogP contribution in [-0.4, -0.2) is 63.5 Å². The maximum atomic E-state index is 4.67. The van der Waals surface area contributed by atoms with Crippen molar-refractivity contribution in [2.45, 2.75) is 0 Å². The number of likely N-dealkylation sites (N-methyl/N-ethyl adjacent to an activating group) is 1. The van der Waals surface area contributed by atoms with Gasteiger partial charge in [0.15, 0.2) is 5.82 Å². The molecule has 0 N–H and O–H groups in total. The second-order valence-corrected chi connectivity index (χ2v) is 6.25. The molecular weight excluding hydrogens is 286 g/mol. The van der Waals surface area contributed by atoms with Crippen molar-refractivity contribution in [1.29, 1.82) is 0 Å². The van der Waals surface area contributed by atoms with Gasteiger partial charge >= 0.3 is 0 Å². The summed E-state index contributed by atoms with van der Waals surface area (Å²) in [6.45, 7) is 4.05. The van der Waals surface area contributed by atoms with Crippen LogP contribution in [0.3, 0.4) is 0 Å². The number of anilines is 2. The second kappa shape index (κ2) is 5.19. The molecule has 2 aliphatic heterocycles. The van der Waals surface area contributed by atoms with E-state index in [1.54, 1.807) is 18.3 Å². The average molecular weight is 303 g/mol. The van der Waals surface area contributed by atoms with Gasteiger partial charge in [0.1, 0.15) is 12.1 Å². The molecule has 2 aliphatic rings. The molecule has 0 amide bonds. The Morgan fingerprint density at radius 1 is 1.19 bits per heavy atom. The highest BCUT2D eigenvalue weighted by Crippen LogP contribution is 2.29. The largest absolute Gasteiger partial charge is 0.351 e. The van der Waals surface area contributed by atoms with E-state index in [-0.39, 0.29) is 0 Å². The van der Waals surface area contributed by atoms with E-state index in [1.165, 1.54) is 0 Å². The molecule has 1 saturated heterocycles. The molecule has 0 atom stereocenters. The van der Waals surface area contributed by atoms with Crippen molar-refractivity contribution in [3.63, 3.8) is 0 Å². The Kier molecular flexibility index (Phi) is 3.19. The first-order chi connectivity index (χ1) is 10.3. The first-order valence-corrected chi connectivity index (χ1v) is 7.98. The second-order valence-electron chi connectivity index (χ2n) is 5.26. The van der Waals surface area contributed by atoms with Gasteiger partial charge in [0.2, 0.25) is 5.65 Å². The number of fused-ring (bicyclic) bond motifs is 1. The summed E-state index contributed by atoms with van der Waals surface area (Å²) in [4.78, 5) is 9.29. The van der Waals surface area contributed by atoms with Crippen molar-refractivity contribution < 1.29 is 0 Å². The van der Waals surface area contributed by atoms with Crippen molar-refractivity contribution >= 4 is 29.2 Å². The van der Waals surface area contributed by atoms with E-state index in [4.69, 9.17) is 0 Å². The third-order valence-electron chi connectivity index (χ3n) is 3.88. The molecule has 7 nitrogen and oxygen atoms in total. The van der Waals surface area contributed by atoms with E-state index in [9.17, 15) is 0 Å². The van der Waals surface area contributed by atoms with Crippen LogP contribution in [0.25, 0.3) is 5.65 Å². The highest BCUT2D eigenvalue weighted by atomic mass is 32.2. The molecule has 8 heteroatoms. The molecule has 0 aromatic carbocycles. The summed E-state index contributed by atoms with van der Waals surface area (Å²) >= 11 is 1.74. The lowest BCUT2D eigenvalue weighted by atomic mass is 10.3. The normalized spacial score (nSPS) is 19.9. The molecule has 0 bridgehead atoms. The molecule has 4 rings (SSSR count). The summed E-state index contributed by atoms with van der Waals surface area (Å²) in [6.07, 6.45) is 7.87. The molecule has 0 aliphatic carbocycles. The van der Waals surface area contributed by atoms with Gasteiger partial charge in [-0.25, -0.2) is 4.98 Å². The predicted molar refractivity (Wildman–Crippen MR) is 84.6 cm³/mol. The SMILES string of the molecule is CN1CCN(c2ncc(N3C=CCS3)n3cnnc23)CC1. The molecule has 0 unspecified atom stereocenters. The first-order valence-electron chi connectivity index (χ1n) is 7.04. The van der Waals surface area contributed by atoms with Crippen LogP contribution in [0.4, 0.5) is 11.6 Å². The van der Waals surface area contributed by atoms with Crippen molar-refractivity contribution in [3.05, 3.63) is 24.8 Å². The van der Waals surface area contributed by atoms with Crippen LogP contribution in [0.2, 0.25) is 0 Å². The fourth-order valence-electron chi connectivity index (χ4n) is 2.65. The number of hydrogen-bond donors (Lipinski definition) is 0. The maximum absolute atomic E-state index is 4.67. The van der Waals surface area contributed by atoms with Gasteiger partial charge in [-0.1, -0.05) is 6.08 Å². The fraction of sp³-hybridized carbons (Fsp3) is 0.462. The van der Waals surface area contributed by atoms with Crippen LogP contribution in [-0.2, 0) is 0 Å². The van der Waals surface area contributed by atoms with Crippen molar-refractivity contribution in [1.82, 2.24) is 24.5 Å². The Labute approximate surface area is 127 Å².